The van der Waals surface area contributed by atoms with Gasteiger partial charge in [0.05, 0.1) is 0 Å². The van der Waals surface area contributed by atoms with Crippen LogP contribution in [0.15, 0.2) is 60.7 Å². The normalized spacial score (nSPS) is 20.4. The Hall–Kier alpha value is -1.21. The van der Waals surface area contributed by atoms with Gasteiger partial charge in [0.25, 0.3) is 0 Å². The lowest BCUT2D eigenvalue weighted by Crippen LogP contribution is -2.54. The molecular formula is C28H43N2P. The fraction of sp³-hybridized carbons (Fsp3) is 0.571. The standard InChI is InChI=1S/C28H43N2P/c1-27(2,3)21-29-25-19-13-14-20-26(25)30(22-28(4,5)6)31(23-15-9-7-10-16-23)24-17-11-8-12-18-24/h7-12,15-18,25-26,29H,13-14,19-22H2,1-6H3/t25-,26-/m1/s1. The van der Waals surface area contributed by atoms with E-state index in [0.717, 1.165) is 13.1 Å². The number of nitrogens with one attached hydrogen (secondary N) is 1. The molecule has 1 aliphatic rings. The minimum absolute atomic E-state index is 0.246. The molecule has 0 amide bonds. The predicted molar refractivity (Wildman–Crippen MR) is 139 cm³/mol. The summed E-state index contributed by atoms with van der Waals surface area (Å²) in [5.41, 5.74) is 0.552. The van der Waals surface area contributed by atoms with Crippen molar-refractivity contribution in [2.75, 3.05) is 13.1 Å². The van der Waals surface area contributed by atoms with E-state index in [1.54, 1.807) is 0 Å². The van der Waals surface area contributed by atoms with E-state index >= 15 is 0 Å². The van der Waals surface area contributed by atoms with E-state index in [-0.39, 0.29) is 5.41 Å². The van der Waals surface area contributed by atoms with Gasteiger partial charge in [-0.2, -0.15) is 0 Å². The Morgan fingerprint density at radius 3 is 1.77 bits per heavy atom. The summed E-state index contributed by atoms with van der Waals surface area (Å²) in [6, 6.07) is 23.6. The van der Waals surface area contributed by atoms with Crippen molar-refractivity contribution < 1.29 is 0 Å². The number of hydrogen-bond donors (Lipinski definition) is 1. The molecule has 2 aromatic rings. The summed E-state index contributed by atoms with van der Waals surface area (Å²) in [6.45, 7) is 16.4. The van der Waals surface area contributed by atoms with Gasteiger partial charge in [-0.1, -0.05) is 115 Å². The largest absolute Gasteiger partial charge is 0.312 e. The number of hydrogen-bond acceptors (Lipinski definition) is 2. The van der Waals surface area contributed by atoms with Crippen LogP contribution in [0.2, 0.25) is 0 Å². The zero-order valence-corrected chi connectivity index (χ0v) is 21.5. The summed E-state index contributed by atoms with van der Waals surface area (Å²) in [6.07, 6.45) is 5.26. The van der Waals surface area contributed by atoms with Crippen molar-refractivity contribution in [2.45, 2.75) is 79.3 Å². The van der Waals surface area contributed by atoms with Crippen molar-refractivity contribution in [2.24, 2.45) is 10.8 Å². The molecule has 0 aliphatic heterocycles. The maximum atomic E-state index is 4.00. The molecule has 0 spiro atoms. The molecule has 3 rings (SSSR count). The Morgan fingerprint density at radius 2 is 1.29 bits per heavy atom. The van der Waals surface area contributed by atoms with Crippen molar-refractivity contribution in [1.29, 1.82) is 0 Å². The van der Waals surface area contributed by atoms with Crippen LogP contribution in [-0.2, 0) is 0 Å². The first-order valence-electron chi connectivity index (χ1n) is 12.0. The highest BCUT2D eigenvalue weighted by Gasteiger charge is 2.37. The molecule has 2 aromatic carbocycles. The van der Waals surface area contributed by atoms with Crippen molar-refractivity contribution in [3.63, 3.8) is 0 Å². The Morgan fingerprint density at radius 1 is 0.774 bits per heavy atom. The molecule has 0 aromatic heterocycles. The van der Waals surface area contributed by atoms with Crippen LogP contribution in [0.3, 0.4) is 0 Å². The number of benzene rings is 2. The highest BCUT2D eigenvalue weighted by atomic mass is 31.1. The predicted octanol–water partition coefficient (Wildman–Crippen LogP) is 6.33. The van der Waals surface area contributed by atoms with Gasteiger partial charge in [0.1, 0.15) is 0 Å². The second-order valence-electron chi connectivity index (χ2n) is 11.5. The quantitative estimate of drug-likeness (QED) is 0.508. The van der Waals surface area contributed by atoms with Crippen LogP contribution >= 0.6 is 8.07 Å². The molecule has 1 fully saturated rings. The summed E-state index contributed by atoms with van der Waals surface area (Å²) >= 11 is 0. The Labute approximate surface area is 192 Å². The van der Waals surface area contributed by atoms with E-state index in [0.29, 0.717) is 17.5 Å². The van der Waals surface area contributed by atoms with Gasteiger partial charge in [0.2, 0.25) is 0 Å². The summed E-state index contributed by atoms with van der Waals surface area (Å²) in [4.78, 5) is 0. The topological polar surface area (TPSA) is 15.3 Å². The monoisotopic (exact) mass is 438 g/mol. The molecule has 0 saturated heterocycles. The van der Waals surface area contributed by atoms with Gasteiger partial charge in [0, 0.05) is 33.2 Å². The lowest BCUT2D eigenvalue weighted by atomic mass is 9.87. The molecule has 0 bridgehead atoms. The SMILES string of the molecule is CC(C)(C)CN[C@@H]1CCCC[C@H]1N(CC(C)(C)C)P(c1ccccc1)c1ccccc1. The number of rotatable bonds is 7. The van der Waals surface area contributed by atoms with E-state index in [4.69, 9.17) is 0 Å². The number of nitrogens with zero attached hydrogens (tertiary/aromatic N) is 1. The molecule has 0 radical (unpaired) electrons. The Bertz CT molecular complexity index is 737. The first kappa shape index (κ1) is 24.4. The fourth-order valence-corrected chi connectivity index (χ4v) is 7.49. The second kappa shape index (κ2) is 10.6. The summed E-state index contributed by atoms with van der Waals surface area (Å²) < 4.78 is 2.90. The molecule has 0 unspecified atom stereocenters. The van der Waals surface area contributed by atoms with Crippen LogP contribution in [0.5, 0.6) is 0 Å². The maximum Gasteiger partial charge on any atom is 0.0293 e. The van der Waals surface area contributed by atoms with Gasteiger partial charge in [-0.25, -0.2) is 0 Å². The van der Waals surface area contributed by atoms with Gasteiger partial charge < -0.3 is 5.32 Å². The van der Waals surface area contributed by atoms with Crippen molar-refractivity contribution in [3.8, 4) is 0 Å². The van der Waals surface area contributed by atoms with E-state index in [9.17, 15) is 0 Å². The minimum Gasteiger partial charge on any atom is -0.312 e. The van der Waals surface area contributed by atoms with Crippen molar-refractivity contribution in [1.82, 2.24) is 9.99 Å². The van der Waals surface area contributed by atoms with Gasteiger partial charge in [0.15, 0.2) is 0 Å². The Kier molecular flexibility index (Phi) is 8.36. The summed E-state index contributed by atoms with van der Waals surface area (Å²) in [5, 5.41) is 6.94. The van der Waals surface area contributed by atoms with Crippen LogP contribution in [0.25, 0.3) is 0 Å². The lowest BCUT2D eigenvalue weighted by Gasteiger charge is -2.47. The highest BCUT2D eigenvalue weighted by Crippen LogP contribution is 2.45. The summed E-state index contributed by atoms with van der Waals surface area (Å²) in [7, 11) is -0.574. The third-order valence-electron chi connectivity index (χ3n) is 5.90. The van der Waals surface area contributed by atoms with Crippen LogP contribution in [0.4, 0.5) is 0 Å². The molecule has 1 aliphatic carbocycles. The van der Waals surface area contributed by atoms with Crippen LogP contribution < -0.4 is 15.9 Å². The van der Waals surface area contributed by atoms with Gasteiger partial charge in [-0.3, -0.25) is 4.67 Å². The van der Waals surface area contributed by atoms with Gasteiger partial charge >= 0.3 is 0 Å². The minimum atomic E-state index is -0.574. The zero-order valence-electron chi connectivity index (χ0n) is 20.6. The van der Waals surface area contributed by atoms with Crippen molar-refractivity contribution >= 4 is 18.7 Å². The molecule has 2 nitrogen and oxygen atoms in total. The van der Waals surface area contributed by atoms with Gasteiger partial charge in [-0.15, -0.1) is 0 Å². The van der Waals surface area contributed by atoms with Crippen LogP contribution in [-0.4, -0.2) is 29.8 Å². The Balaban J connectivity index is 2.02. The molecule has 1 saturated carbocycles. The molecular weight excluding hydrogens is 395 g/mol. The average Bonchev–Trinajstić information content (AvgIpc) is 2.72. The molecule has 1 N–H and O–H groups in total. The third-order valence-corrected chi connectivity index (χ3v) is 8.43. The molecule has 2 atom stereocenters. The fourth-order valence-electron chi connectivity index (χ4n) is 4.55. The smallest absolute Gasteiger partial charge is 0.0293 e. The van der Waals surface area contributed by atoms with E-state index in [1.807, 2.05) is 0 Å². The molecule has 0 heterocycles. The molecule has 3 heteroatoms. The molecule has 170 valence electrons. The first-order valence-corrected chi connectivity index (χ1v) is 13.3. The molecule has 31 heavy (non-hydrogen) atoms. The van der Waals surface area contributed by atoms with Crippen LogP contribution in [0.1, 0.15) is 67.2 Å². The third kappa shape index (κ3) is 7.41. The van der Waals surface area contributed by atoms with E-state index in [2.05, 4.69) is 112 Å². The lowest BCUT2D eigenvalue weighted by molar-refractivity contribution is 0.161. The van der Waals surface area contributed by atoms with E-state index in [1.165, 1.54) is 36.3 Å². The summed E-state index contributed by atoms with van der Waals surface area (Å²) in [5.74, 6) is 0. The zero-order chi connectivity index (χ0) is 22.5. The first-order chi connectivity index (χ1) is 14.6. The van der Waals surface area contributed by atoms with Gasteiger partial charge in [-0.05, 0) is 34.3 Å². The van der Waals surface area contributed by atoms with Crippen LogP contribution in [0, 0.1) is 10.8 Å². The van der Waals surface area contributed by atoms with Crippen molar-refractivity contribution in [3.05, 3.63) is 60.7 Å². The van der Waals surface area contributed by atoms with E-state index < -0.39 is 8.07 Å². The average molecular weight is 439 g/mol. The highest BCUT2D eigenvalue weighted by molar-refractivity contribution is 7.70. The second-order valence-corrected chi connectivity index (χ2v) is 13.7. The maximum absolute atomic E-state index is 4.00.